The van der Waals surface area contributed by atoms with Crippen molar-refractivity contribution in [3.05, 3.63) is 0 Å². The van der Waals surface area contributed by atoms with E-state index in [0.29, 0.717) is 11.6 Å². The molecule has 0 aliphatic carbocycles. The first-order chi connectivity index (χ1) is 9.63. The average molecular weight is 300 g/mol. The number of aliphatic carboxylic acids is 1. The first-order valence-corrected chi connectivity index (χ1v) is 8.65. The van der Waals surface area contributed by atoms with Crippen molar-refractivity contribution in [3.63, 3.8) is 0 Å². The van der Waals surface area contributed by atoms with Crippen molar-refractivity contribution in [2.24, 2.45) is 5.92 Å². The van der Waals surface area contributed by atoms with Gasteiger partial charge in [0.25, 0.3) is 0 Å². The fourth-order valence-electron chi connectivity index (χ4n) is 3.07. The molecule has 0 aromatic heterocycles. The molecule has 2 atom stereocenters. The number of hydrogen-bond acceptors (Lipinski definition) is 3. The van der Waals surface area contributed by atoms with E-state index in [1.54, 1.807) is 0 Å². The van der Waals surface area contributed by atoms with Gasteiger partial charge in [-0.05, 0) is 25.2 Å². The molecule has 2 heterocycles. The molecule has 0 aromatic carbocycles. The Labute approximate surface area is 124 Å². The topological polar surface area (TPSA) is 60.9 Å². The average Bonchev–Trinajstić information content (AvgIpc) is 2.80. The molecule has 0 spiro atoms. The highest BCUT2D eigenvalue weighted by Gasteiger charge is 2.37. The summed E-state index contributed by atoms with van der Waals surface area (Å²) in [5.74, 6) is 0.848. The van der Waals surface area contributed by atoms with Crippen molar-refractivity contribution in [2.75, 3.05) is 24.7 Å². The molecule has 0 aromatic rings. The molecule has 0 bridgehead atoms. The number of amides is 2. The van der Waals surface area contributed by atoms with E-state index in [-0.39, 0.29) is 6.03 Å². The monoisotopic (exact) mass is 300 g/mol. The molecular formula is C14H24N2O3S. The minimum atomic E-state index is -0.887. The fourth-order valence-corrected chi connectivity index (χ4v) is 4.21. The third-order valence-electron chi connectivity index (χ3n) is 4.23. The zero-order chi connectivity index (χ0) is 14.5. The Hall–Kier alpha value is -0.910. The third kappa shape index (κ3) is 3.59. The highest BCUT2D eigenvalue weighted by atomic mass is 32.2. The molecule has 2 fully saturated rings. The summed E-state index contributed by atoms with van der Waals surface area (Å²) in [6, 6.07) is -0.734. The first-order valence-electron chi connectivity index (χ1n) is 7.49. The molecule has 1 N–H and O–H groups in total. The van der Waals surface area contributed by atoms with E-state index in [2.05, 4.69) is 6.92 Å². The lowest BCUT2D eigenvalue weighted by molar-refractivity contribution is -0.140. The SMILES string of the molecule is CCCC1CCCN(C(=O)N2CSC[C@H]2C(=O)O)CC1. The number of carboxylic acids is 1. The molecule has 2 aliphatic rings. The van der Waals surface area contributed by atoms with Gasteiger partial charge in [0, 0.05) is 18.8 Å². The molecular weight excluding hydrogens is 276 g/mol. The largest absolute Gasteiger partial charge is 0.480 e. The van der Waals surface area contributed by atoms with Gasteiger partial charge in [-0.3, -0.25) is 0 Å². The zero-order valence-corrected chi connectivity index (χ0v) is 12.9. The Bertz CT molecular complexity index is 364. The predicted molar refractivity (Wildman–Crippen MR) is 79.8 cm³/mol. The van der Waals surface area contributed by atoms with Gasteiger partial charge in [0.1, 0.15) is 6.04 Å². The molecule has 0 saturated carbocycles. The molecule has 2 rings (SSSR count). The van der Waals surface area contributed by atoms with Crippen LogP contribution in [0.25, 0.3) is 0 Å². The summed E-state index contributed by atoms with van der Waals surface area (Å²) in [6.45, 7) is 3.75. The van der Waals surface area contributed by atoms with Crippen LogP contribution in [0.2, 0.25) is 0 Å². The Kier molecular flexibility index (Phi) is 5.57. The van der Waals surface area contributed by atoms with Gasteiger partial charge in [0.15, 0.2) is 0 Å². The fraction of sp³-hybridized carbons (Fsp3) is 0.857. The Morgan fingerprint density at radius 3 is 2.80 bits per heavy atom. The summed E-state index contributed by atoms with van der Waals surface area (Å²) in [7, 11) is 0. The van der Waals surface area contributed by atoms with Crippen LogP contribution in [0, 0.1) is 5.92 Å². The number of nitrogens with zero attached hydrogens (tertiary/aromatic N) is 2. The number of hydrogen-bond donors (Lipinski definition) is 1. The molecule has 0 radical (unpaired) electrons. The molecule has 1 unspecified atom stereocenters. The van der Waals surface area contributed by atoms with E-state index in [9.17, 15) is 14.7 Å². The third-order valence-corrected chi connectivity index (χ3v) is 5.24. The maximum absolute atomic E-state index is 12.5. The van der Waals surface area contributed by atoms with Crippen molar-refractivity contribution in [3.8, 4) is 0 Å². The van der Waals surface area contributed by atoms with Crippen molar-refractivity contribution < 1.29 is 14.7 Å². The van der Waals surface area contributed by atoms with Crippen LogP contribution >= 0.6 is 11.8 Å². The van der Waals surface area contributed by atoms with Crippen molar-refractivity contribution in [2.45, 2.75) is 45.1 Å². The van der Waals surface area contributed by atoms with Crippen LogP contribution in [0.4, 0.5) is 4.79 Å². The Morgan fingerprint density at radius 2 is 2.10 bits per heavy atom. The molecule has 2 saturated heterocycles. The van der Waals surface area contributed by atoms with Crippen molar-refractivity contribution >= 4 is 23.8 Å². The van der Waals surface area contributed by atoms with E-state index in [1.165, 1.54) is 35.9 Å². The van der Waals surface area contributed by atoms with Gasteiger partial charge in [0.2, 0.25) is 0 Å². The molecule has 2 amide bonds. The van der Waals surface area contributed by atoms with Gasteiger partial charge in [-0.25, -0.2) is 9.59 Å². The number of carbonyl (C=O) groups excluding carboxylic acids is 1. The minimum absolute atomic E-state index is 0.0838. The van der Waals surface area contributed by atoms with E-state index >= 15 is 0 Å². The van der Waals surface area contributed by atoms with Gasteiger partial charge in [-0.1, -0.05) is 19.8 Å². The highest BCUT2D eigenvalue weighted by molar-refractivity contribution is 7.99. The maximum Gasteiger partial charge on any atom is 0.327 e. The highest BCUT2D eigenvalue weighted by Crippen LogP contribution is 2.26. The van der Waals surface area contributed by atoms with Crippen molar-refractivity contribution in [1.82, 2.24) is 9.80 Å². The van der Waals surface area contributed by atoms with E-state index in [1.807, 2.05) is 4.90 Å². The van der Waals surface area contributed by atoms with Crippen LogP contribution in [-0.4, -0.2) is 57.7 Å². The number of carboxylic acid groups (broad SMARTS) is 1. The normalized spacial score (nSPS) is 27.4. The van der Waals surface area contributed by atoms with Crippen LogP contribution in [0.3, 0.4) is 0 Å². The summed E-state index contributed by atoms with van der Waals surface area (Å²) < 4.78 is 0. The second-order valence-electron chi connectivity index (χ2n) is 5.68. The van der Waals surface area contributed by atoms with Crippen LogP contribution in [0.1, 0.15) is 39.0 Å². The van der Waals surface area contributed by atoms with Gasteiger partial charge in [0.05, 0.1) is 5.88 Å². The molecule has 20 heavy (non-hydrogen) atoms. The number of thioether (sulfide) groups is 1. The smallest absolute Gasteiger partial charge is 0.327 e. The van der Waals surface area contributed by atoms with Gasteiger partial charge >= 0.3 is 12.0 Å². The summed E-state index contributed by atoms with van der Waals surface area (Å²) in [5, 5.41) is 9.17. The standard InChI is InChI=1S/C14H24N2O3S/c1-2-4-11-5-3-7-15(8-6-11)14(19)16-10-20-9-12(16)13(17)18/h11-12H,2-10H2,1H3,(H,17,18)/t11?,12-/m0/s1. The van der Waals surface area contributed by atoms with Gasteiger partial charge in [-0.2, -0.15) is 0 Å². The number of likely N-dealkylation sites (tertiary alicyclic amines) is 1. The molecule has 2 aliphatic heterocycles. The minimum Gasteiger partial charge on any atom is -0.480 e. The summed E-state index contributed by atoms with van der Waals surface area (Å²) in [4.78, 5) is 27.1. The zero-order valence-electron chi connectivity index (χ0n) is 12.1. The molecule has 5 nitrogen and oxygen atoms in total. The summed E-state index contributed by atoms with van der Waals surface area (Å²) in [5.41, 5.74) is 0. The van der Waals surface area contributed by atoms with Crippen LogP contribution in [0.15, 0.2) is 0 Å². The van der Waals surface area contributed by atoms with Crippen LogP contribution in [-0.2, 0) is 4.79 Å². The quantitative estimate of drug-likeness (QED) is 0.870. The van der Waals surface area contributed by atoms with Crippen molar-refractivity contribution in [1.29, 1.82) is 0 Å². The van der Waals surface area contributed by atoms with E-state index < -0.39 is 12.0 Å². The predicted octanol–water partition coefficient (Wildman–Crippen LogP) is 2.47. The number of carbonyl (C=O) groups is 2. The lowest BCUT2D eigenvalue weighted by Crippen LogP contribution is -2.49. The van der Waals surface area contributed by atoms with E-state index in [0.717, 1.165) is 31.8 Å². The van der Waals surface area contributed by atoms with Gasteiger partial charge in [-0.15, -0.1) is 11.8 Å². The van der Waals surface area contributed by atoms with E-state index in [4.69, 9.17) is 0 Å². The maximum atomic E-state index is 12.5. The first kappa shape index (κ1) is 15.5. The lowest BCUT2D eigenvalue weighted by Gasteiger charge is -2.29. The molecule has 114 valence electrons. The summed E-state index contributed by atoms with van der Waals surface area (Å²) >= 11 is 1.52. The second kappa shape index (κ2) is 7.20. The second-order valence-corrected chi connectivity index (χ2v) is 6.68. The Morgan fingerprint density at radius 1 is 1.30 bits per heavy atom. The summed E-state index contributed by atoms with van der Waals surface area (Å²) in [6.07, 6.45) is 5.71. The molecule has 6 heteroatoms. The Balaban J connectivity index is 1.93. The number of rotatable bonds is 3. The number of urea groups is 1. The van der Waals surface area contributed by atoms with Crippen LogP contribution < -0.4 is 0 Å². The van der Waals surface area contributed by atoms with Gasteiger partial charge < -0.3 is 14.9 Å². The van der Waals surface area contributed by atoms with Crippen LogP contribution in [0.5, 0.6) is 0 Å². The lowest BCUT2D eigenvalue weighted by atomic mass is 9.96.